The molecule has 1 aromatic heterocycles. The van der Waals surface area contributed by atoms with E-state index in [0.29, 0.717) is 12.0 Å². The van der Waals surface area contributed by atoms with E-state index in [4.69, 9.17) is 5.73 Å². The van der Waals surface area contributed by atoms with Crippen LogP contribution >= 0.6 is 0 Å². The Labute approximate surface area is 100 Å². The lowest BCUT2D eigenvalue weighted by molar-refractivity contribution is 0.309. The van der Waals surface area contributed by atoms with E-state index in [0.717, 1.165) is 22.6 Å². The predicted octanol–water partition coefficient (Wildman–Crippen LogP) is 2.42. The van der Waals surface area contributed by atoms with Crippen LogP contribution in [0.2, 0.25) is 0 Å². The Balaban J connectivity index is 1.97. The van der Waals surface area contributed by atoms with Gasteiger partial charge < -0.3 is 11.1 Å². The van der Waals surface area contributed by atoms with Gasteiger partial charge in [0.05, 0.1) is 5.52 Å². The van der Waals surface area contributed by atoms with Crippen molar-refractivity contribution >= 4 is 22.7 Å². The van der Waals surface area contributed by atoms with Crippen molar-refractivity contribution in [3.05, 3.63) is 24.3 Å². The number of nitrogens with two attached hydrogens (primary N) is 1. The van der Waals surface area contributed by atoms with Crippen molar-refractivity contribution in [1.82, 2.24) is 9.97 Å². The van der Waals surface area contributed by atoms with Crippen LogP contribution in [0.3, 0.4) is 0 Å². The number of fused-ring (bicyclic) bond motifs is 1. The Hall–Kier alpha value is -1.84. The van der Waals surface area contributed by atoms with Crippen LogP contribution < -0.4 is 11.1 Å². The van der Waals surface area contributed by atoms with Crippen LogP contribution in [0.25, 0.3) is 10.9 Å². The fraction of sp³-hybridized carbons (Fsp3) is 0.385. The minimum absolute atomic E-state index is 0.332. The molecule has 88 valence electrons. The molecule has 0 aliphatic heterocycles. The van der Waals surface area contributed by atoms with Crippen LogP contribution in [0, 0.1) is 5.92 Å². The summed E-state index contributed by atoms with van der Waals surface area (Å²) in [5.74, 6) is 2.02. The molecule has 4 heteroatoms. The van der Waals surface area contributed by atoms with E-state index < -0.39 is 0 Å². The van der Waals surface area contributed by atoms with Crippen molar-refractivity contribution in [3.63, 3.8) is 0 Å². The largest absolute Gasteiger partial charge is 0.368 e. The maximum Gasteiger partial charge on any atom is 0.222 e. The number of nitrogen functional groups attached to an aromatic ring is 1. The van der Waals surface area contributed by atoms with Crippen LogP contribution in [-0.2, 0) is 0 Å². The molecule has 1 heterocycles. The number of rotatable bonds is 2. The summed E-state index contributed by atoms with van der Waals surface area (Å²) in [5, 5.41) is 4.50. The van der Waals surface area contributed by atoms with Gasteiger partial charge in [-0.05, 0) is 30.9 Å². The molecule has 0 spiro atoms. The molecule has 1 aromatic carbocycles. The first kappa shape index (κ1) is 10.3. The number of aromatic nitrogens is 2. The fourth-order valence-electron chi connectivity index (χ4n) is 2.42. The zero-order valence-electron chi connectivity index (χ0n) is 9.85. The number of benzene rings is 1. The van der Waals surface area contributed by atoms with E-state index in [1.807, 2.05) is 24.3 Å². The highest BCUT2D eigenvalue weighted by Crippen LogP contribution is 2.31. The Morgan fingerprint density at radius 2 is 2.00 bits per heavy atom. The maximum absolute atomic E-state index is 5.72. The SMILES string of the molecule is CC1CC(Nc2nc(N)nc3ccccc23)C1. The maximum atomic E-state index is 5.72. The van der Waals surface area contributed by atoms with Crippen molar-refractivity contribution in [3.8, 4) is 0 Å². The van der Waals surface area contributed by atoms with Crippen molar-refractivity contribution in [2.45, 2.75) is 25.8 Å². The highest BCUT2D eigenvalue weighted by atomic mass is 15.1. The quantitative estimate of drug-likeness (QED) is 0.828. The second-order valence-electron chi connectivity index (χ2n) is 4.87. The Bertz CT molecular complexity index is 546. The van der Waals surface area contributed by atoms with Gasteiger partial charge >= 0.3 is 0 Å². The van der Waals surface area contributed by atoms with Crippen LogP contribution in [0.15, 0.2) is 24.3 Å². The summed E-state index contributed by atoms with van der Waals surface area (Å²) >= 11 is 0. The molecular formula is C13H16N4. The second-order valence-corrected chi connectivity index (χ2v) is 4.87. The Morgan fingerprint density at radius 1 is 1.24 bits per heavy atom. The highest BCUT2D eigenvalue weighted by Gasteiger charge is 2.25. The molecular weight excluding hydrogens is 212 g/mol. The van der Waals surface area contributed by atoms with E-state index in [2.05, 4.69) is 22.2 Å². The molecule has 1 aliphatic carbocycles. The molecule has 0 atom stereocenters. The number of hydrogen-bond donors (Lipinski definition) is 2. The van der Waals surface area contributed by atoms with E-state index in [9.17, 15) is 0 Å². The first-order valence-corrected chi connectivity index (χ1v) is 6.01. The van der Waals surface area contributed by atoms with Gasteiger partial charge in [-0.2, -0.15) is 4.98 Å². The molecule has 0 amide bonds. The molecule has 0 saturated heterocycles. The van der Waals surface area contributed by atoms with Gasteiger partial charge in [0, 0.05) is 11.4 Å². The van der Waals surface area contributed by atoms with Crippen LogP contribution in [0.1, 0.15) is 19.8 Å². The molecule has 4 nitrogen and oxygen atoms in total. The number of nitrogens with one attached hydrogen (secondary N) is 1. The minimum Gasteiger partial charge on any atom is -0.368 e. The van der Waals surface area contributed by atoms with Gasteiger partial charge in [0.25, 0.3) is 0 Å². The lowest BCUT2D eigenvalue weighted by Gasteiger charge is -2.33. The highest BCUT2D eigenvalue weighted by molar-refractivity contribution is 5.89. The van der Waals surface area contributed by atoms with Gasteiger partial charge in [0.2, 0.25) is 5.95 Å². The molecule has 0 unspecified atom stereocenters. The summed E-state index contributed by atoms with van der Waals surface area (Å²) in [6.45, 7) is 2.27. The predicted molar refractivity (Wildman–Crippen MR) is 69.8 cm³/mol. The van der Waals surface area contributed by atoms with Crippen molar-refractivity contribution < 1.29 is 0 Å². The Morgan fingerprint density at radius 3 is 2.76 bits per heavy atom. The third-order valence-corrected chi connectivity index (χ3v) is 3.34. The normalized spacial score (nSPS) is 23.4. The third-order valence-electron chi connectivity index (χ3n) is 3.34. The summed E-state index contributed by atoms with van der Waals surface area (Å²) in [6, 6.07) is 8.48. The number of hydrogen-bond acceptors (Lipinski definition) is 4. The molecule has 1 fully saturated rings. The molecule has 17 heavy (non-hydrogen) atoms. The van der Waals surface area contributed by atoms with Gasteiger partial charge in [-0.15, -0.1) is 0 Å². The molecule has 0 radical (unpaired) electrons. The molecule has 3 rings (SSSR count). The van der Waals surface area contributed by atoms with Gasteiger partial charge in [0.15, 0.2) is 0 Å². The molecule has 0 bridgehead atoms. The fourth-order valence-corrected chi connectivity index (χ4v) is 2.42. The van der Waals surface area contributed by atoms with Crippen molar-refractivity contribution in [2.75, 3.05) is 11.1 Å². The van der Waals surface area contributed by atoms with E-state index >= 15 is 0 Å². The Kier molecular flexibility index (Phi) is 2.35. The third kappa shape index (κ3) is 1.90. The van der Waals surface area contributed by atoms with Gasteiger partial charge in [-0.25, -0.2) is 4.98 Å². The second kappa shape index (κ2) is 3.87. The van der Waals surface area contributed by atoms with Crippen molar-refractivity contribution in [2.24, 2.45) is 5.92 Å². The number of para-hydroxylation sites is 1. The monoisotopic (exact) mass is 228 g/mol. The number of anilines is 2. The number of nitrogens with zero attached hydrogens (tertiary/aromatic N) is 2. The minimum atomic E-state index is 0.332. The topological polar surface area (TPSA) is 63.8 Å². The summed E-state index contributed by atoms with van der Waals surface area (Å²) in [5.41, 5.74) is 6.62. The zero-order chi connectivity index (χ0) is 11.8. The summed E-state index contributed by atoms with van der Waals surface area (Å²) in [6.07, 6.45) is 2.41. The van der Waals surface area contributed by atoms with Crippen molar-refractivity contribution in [1.29, 1.82) is 0 Å². The average Bonchev–Trinajstić information content (AvgIpc) is 2.26. The smallest absolute Gasteiger partial charge is 0.222 e. The molecule has 1 saturated carbocycles. The first-order valence-electron chi connectivity index (χ1n) is 6.01. The van der Waals surface area contributed by atoms with E-state index in [-0.39, 0.29) is 0 Å². The molecule has 3 N–H and O–H groups in total. The standard InChI is InChI=1S/C13H16N4/c1-8-6-9(7-8)15-12-10-4-2-3-5-11(10)16-13(14)17-12/h2-5,8-9H,6-7H2,1H3,(H3,14,15,16,17). The van der Waals surface area contributed by atoms with Crippen LogP contribution in [-0.4, -0.2) is 16.0 Å². The van der Waals surface area contributed by atoms with Gasteiger partial charge in [-0.1, -0.05) is 19.1 Å². The van der Waals surface area contributed by atoms with E-state index in [1.165, 1.54) is 12.8 Å². The van der Waals surface area contributed by atoms with Crippen LogP contribution in [0.5, 0.6) is 0 Å². The molecule has 1 aliphatic rings. The van der Waals surface area contributed by atoms with Gasteiger partial charge in [-0.3, -0.25) is 0 Å². The lowest BCUT2D eigenvalue weighted by atomic mass is 9.82. The zero-order valence-corrected chi connectivity index (χ0v) is 9.85. The average molecular weight is 228 g/mol. The summed E-state index contributed by atoms with van der Waals surface area (Å²) in [7, 11) is 0. The molecule has 2 aromatic rings. The first-order chi connectivity index (χ1) is 8.22. The lowest BCUT2D eigenvalue weighted by Crippen LogP contribution is -2.34. The van der Waals surface area contributed by atoms with Gasteiger partial charge in [0.1, 0.15) is 5.82 Å². The summed E-state index contributed by atoms with van der Waals surface area (Å²) in [4.78, 5) is 8.53. The van der Waals surface area contributed by atoms with E-state index in [1.54, 1.807) is 0 Å². The van der Waals surface area contributed by atoms with Crippen LogP contribution in [0.4, 0.5) is 11.8 Å². The summed E-state index contributed by atoms with van der Waals surface area (Å²) < 4.78 is 0.